The van der Waals surface area contributed by atoms with Crippen LogP contribution in [0.4, 0.5) is 0 Å². The van der Waals surface area contributed by atoms with Crippen LogP contribution in [0.3, 0.4) is 0 Å². The Kier molecular flexibility index (Phi) is 6.85. The van der Waals surface area contributed by atoms with Gasteiger partial charge in [-0.1, -0.05) is 36.4 Å². The van der Waals surface area contributed by atoms with Crippen molar-refractivity contribution in [3.05, 3.63) is 63.0 Å². The molecule has 2 aromatic rings. The second kappa shape index (κ2) is 7.63. The van der Waals surface area contributed by atoms with Gasteiger partial charge in [-0.25, -0.2) is 0 Å². The standard InChI is InChI=1S/C13H9Br2OP.Li.H/c14-10-7-4-8-11(15)12(10)13(16)17-9-5-2-1-3-6-9;;/h1-8,17H;;. The summed E-state index contributed by atoms with van der Waals surface area (Å²) >= 11 is 6.83. The van der Waals surface area contributed by atoms with Gasteiger partial charge in [-0.3, -0.25) is 4.79 Å². The number of carbonyl (C=O) groups excluding carboxylic acids is 1. The maximum atomic E-state index is 12.2. The fourth-order valence-electron chi connectivity index (χ4n) is 1.43. The van der Waals surface area contributed by atoms with Gasteiger partial charge in [-0.15, -0.1) is 0 Å². The van der Waals surface area contributed by atoms with Crippen molar-refractivity contribution in [3.63, 3.8) is 0 Å². The molecule has 0 N–H and O–H groups in total. The molecule has 0 aromatic heterocycles. The second-order valence-electron chi connectivity index (χ2n) is 3.42. The van der Waals surface area contributed by atoms with E-state index in [1.807, 2.05) is 48.5 Å². The number of hydrogen-bond donors (Lipinski definition) is 0. The molecule has 0 saturated heterocycles. The molecule has 1 nitrogen and oxygen atoms in total. The van der Waals surface area contributed by atoms with Crippen LogP contribution in [0, 0.1) is 0 Å². The van der Waals surface area contributed by atoms with Crippen LogP contribution in [0.1, 0.15) is 10.4 Å². The average Bonchev–Trinajstić information content (AvgIpc) is 2.30. The molecule has 0 fully saturated rings. The zero-order valence-corrected chi connectivity index (χ0v) is 13.0. The first-order valence-electron chi connectivity index (χ1n) is 4.99. The molecule has 18 heavy (non-hydrogen) atoms. The molecule has 2 rings (SSSR count). The quantitative estimate of drug-likeness (QED) is 0.587. The number of benzene rings is 2. The van der Waals surface area contributed by atoms with Crippen LogP contribution in [-0.4, -0.2) is 24.4 Å². The van der Waals surface area contributed by atoms with Gasteiger partial charge in [0.2, 0.25) is 0 Å². The van der Waals surface area contributed by atoms with Gasteiger partial charge < -0.3 is 0 Å². The van der Waals surface area contributed by atoms with E-state index in [4.69, 9.17) is 0 Å². The van der Waals surface area contributed by atoms with Crippen LogP contribution < -0.4 is 5.30 Å². The molecule has 2 aromatic carbocycles. The van der Waals surface area contributed by atoms with E-state index in [0.29, 0.717) is 0 Å². The fraction of sp³-hybridized carbons (Fsp3) is 0. The Morgan fingerprint density at radius 2 is 1.44 bits per heavy atom. The Labute approximate surface area is 137 Å². The monoisotopic (exact) mass is 378 g/mol. The number of halogens is 2. The van der Waals surface area contributed by atoms with Gasteiger partial charge in [0, 0.05) is 8.95 Å². The van der Waals surface area contributed by atoms with Gasteiger partial charge in [-0.2, -0.15) is 0 Å². The molecule has 0 amide bonds. The zero-order valence-electron chi connectivity index (χ0n) is 8.78. The van der Waals surface area contributed by atoms with Crippen molar-refractivity contribution in [2.45, 2.75) is 0 Å². The van der Waals surface area contributed by atoms with Gasteiger partial charge in [0.05, 0.1) is 5.56 Å². The van der Waals surface area contributed by atoms with Crippen LogP contribution in [0.5, 0.6) is 0 Å². The van der Waals surface area contributed by atoms with E-state index in [1.165, 1.54) is 0 Å². The van der Waals surface area contributed by atoms with Crippen LogP contribution in [0.25, 0.3) is 0 Å². The minimum atomic E-state index is 0. The summed E-state index contributed by atoms with van der Waals surface area (Å²) in [5.74, 6) is 0. The summed E-state index contributed by atoms with van der Waals surface area (Å²) in [5, 5.41) is 1.06. The summed E-state index contributed by atoms with van der Waals surface area (Å²) in [7, 11) is 0.150. The number of hydrogen-bond acceptors (Lipinski definition) is 1. The van der Waals surface area contributed by atoms with Gasteiger partial charge in [0.25, 0.3) is 0 Å². The van der Waals surface area contributed by atoms with Crippen LogP contribution >= 0.6 is 40.4 Å². The van der Waals surface area contributed by atoms with Gasteiger partial charge in [0.1, 0.15) is 0 Å². The van der Waals surface area contributed by atoms with Gasteiger partial charge in [0.15, 0.2) is 5.52 Å². The fourth-order valence-corrected chi connectivity index (χ4v) is 4.17. The van der Waals surface area contributed by atoms with E-state index in [-0.39, 0.29) is 33.0 Å². The minimum absolute atomic E-state index is 0. The Morgan fingerprint density at radius 3 is 2.00 bits per heavy atom. The molecule has 0 aliphatic heterocycles. The Bertz CT molecular complexity index is 526. The number of rotatable bonds is 3. The molecular weight excluding hydrogens is 370 g/mol. The molecule has 0 radical (unpaired) electrons. The SMILES string of the molecule is O=C(Pc1ccccc1)c1c(Br)cccc1Br.[LiH]. The van der Waals surface area contributed by atoms with Crippen molar-refractivity contribution in [2.75, 3.05) is 0 Å². The normalized spacial score (nSPS) is 10.3. The molecular formula is C13H10Br2LiOP. The van der Waals surface area contributed by atoms with E-state index in [2.05, 4.69) is 31.9 Å². The van der Waals surface area contributed by atoms with E-state index in [0.717, 1.165) is 19.8 Å². The molecule has 0 saturated carbocycles. The summed E-state index contributed by atoms with van der Waals surface area (Å²) in [6.45, 7) is 0. The van der Waals surface area contributed by atoms with Crippen molar-refractivity contribution in [3.8, 4) is 0 Å². The van der Waals surface area contributed by atoms with Crippen molar-refractivity contribution < 1.29 is 4.79 Å². The van der Waals surface area contributed by atoms with Crippen LogP contribution in [0.2, 0.25) is 0 Å². The maximum absolute atomic E-state index is 12.2. The third-order valence-corrected chi connectivity index (χ3v) is 4.64. The molecule has 0 aliphatic rings. The van der Waals surface area contributed by atoms with Gasteiger partial charge >= 0.3 is 18.9 Å². The summed E-state index contributed by atoms with van der Waals surface area (Å²) in [5.41, 5.74) is 0.852. The first-order valence-corrected chi connectivity index (χ1v) is 7.57. The first kappa shape index (κ1) is 16.2. The van der Waals surface area contributed by atoms with E-state index in [9.17, 15) is 4.79 Å². The van der Waals surface area contributed by atoms with E-state index in [1.54, 1.807) is 0 Å². The van der Waals surface area contributed by atoms with Crippen molar-refractivity contribution in [2.24, 2.45) is 0 Å². The van der Waals surface area contributed by atoms with Crippen molar-refractivity contribution in [1.82, 2.24) is 0 Å². The van der Waals surface area contributed by atoms with Gasteiger partial charge in [-0.05, 0) is 57.9 Å². The summed E-state index contributed by atoms with van der Waals surface area (Å²) in [6, 6.07) is 15.5. The molecule has 0 aliphatic carbocycles. The Morgan fingerprint density at radius 1 is 0.889 bits per heavy atom. The zero-order chi connectivity index (χ0) is 12.3. The van der Waals surface area contributed by atoms with Crippen LogP contribution in [-0.2, 0) is 0 Å². The molecule has 0 spiro atoms. The summed E-state index contributed by atoms with van der Waals surface area (Å²) in [4.78, 5) is 12.2. The molecule has 0 heterocycles. The molecule has 1 unspecified atom stereocenters. The summed E-state index contributed by atoms with van der Waals surface area (Å²) in [6.07, 6.45) is 0. The Balaban J connectivity index is 0.00000162. The molecule has 5 heteroatoms. The second-order valence-corrected chi connectivity index (χ2v) is 6.41. The topological polar surface area (TPSA) is 17.1 Å². The molecule has 0 bridgehead atoms. The predicted molar refractivity (Wildman–Crippen MR) is 87.7 cm³/mol. The summed E-state index contributed by atoms with van der Waals surface area (Å²) < 4.78 is 1.67. The van der Waals surface area contributed by atoms with E-state index < -0.39 is 0 Å². The third kappa shape index (κ3) is 4.05. The average molecular weight is 380 g/mol. The van der Waals surface area contributed by atoms with Crippen LogP contribution in [0.15, 0.2) is 57.5 Å². The predicted octanol–water partition coefficient (Wildman–Crippen LogP) is 3.71. The Hall–Kier alpha value is 0.0974. The van der Waals surface area contributed by atoms with Crippen molar-refractivity contribution >= 4 is 70.1 Å². The first-order chi connectivity index (χ1) is 8.18. The third-order valence-electron chi connectivity index (χ3n) is 2.22. The number of carbonyl (C=O) groups is 1. The van der Waals surface area contributed by atoms with E-state index >= 15 is 0 Å². The molecule has 1 atom stereocenters. The van der Waals surface area contributed by atoms with Crippen molar-refractivity contribution in [1.29, 1.82) is 0 Å². The molecule has 88 valence electrons.